The highest BCUT2D eigenvalue weighted by Gasteiger charge is 2.39. The standard InChI is InChI=1S/C21H26F4N4O3S/c1-4-12(2)20(27,14-6-8-18(28-11-14)21(23,24)25)10-15(19(26)30)13-5-7-17(16(22)9-13)29(3)33(31)32/h5-9,11-12,15H,4,10,27H2,1-3H3,(H2,26,30)(H,31,32). The summed E-state index contributed by atoms with van der Waals surface area (Å²) in [7, 11) is 1.21. The molecule has 0 bridgehead atoms. The lowest BCUT2D eigenvalue weighted by atomic mass is 9.72. The van der Waals surface area contributed by atoms with Crippen LogP contribution in [-0.4, -0.2) is 26.7 Å². The van der Waals surface area contributed by atoms with E-state index < -0.39 is 46.3 Å². The minimum Gasteiger partial charge on any atom is -0.369 e. The second-order valence-corrected chi connectivity index (χ2v) is 8.89. The molecule has 1 amide bonds. The maximum Gasteiger partial charge on any atom is 0.433 e. The zero-order valence-corrected chi connectivity index (χ0v) is 19.1. The fraction of sp³-hybridized carbons (Fsp3) is 0.429. The fourth-order valence-corrected chi connectivity index (χ4v) is 3.92. The molecule has 33 heavy (non-hydrogen) atoms. The third-order valence-electron chi connectivity index (χ3n) is 5.92. The summed E-state index contributed by atoms with van der Waals surface area (Å²) in [5.74, 6) is -3.05. The SMILES string of the molecule is CCC(C)C(N)(CC(C(N)=O)c1ccc(N(C)S(=O)O)c(F)c1)c1ccc(C(F)(F)F)nc1. The van der Waals surface area contributed by atoms with Crippen LogP contribution in [-0.2, 0) is 27.8 Å². The van der Waals surface area contributed by atoms with Crippen molar-refractivity contribution in [3.05, 3.63) is 59.2 Å². The van der Waals surface area contributed by atoms with Gasteiger partial charge in [0.25, 0.3) is 11.3 Å². The van der Waals surface area contributed by atoms with Gasteiger partial charge in [-0.2, -0.15) is 13.2 Å². The third-order valence-corrected chi connectivity index (χ3v) is 6.58. The van der Waals surface area contributed by atoms with Crippen molar-refractivity contribution in [2.45, 2.75) is 44.3 Å². The smallest absolute Gasteiger partial charge is 0.369 e. The number of rotatable bonds is 9. The minimum absolute atomic E-state index is 0.120. The summed E-state index contributed by atoms with van der Waals surface area (Å²) in [5.41, 5.74) is 10.2. The molecule has 1 heterocycles. The number of anilines is 1. The molecule has 182 valence electrons. The van der Waals surface area contributed by atoms with Crippen LogP contribution in [0.5, 0.6) is 0 Å². The Labute approximate surface area is 191 Å². The number of pyridine rings is 1. The zero-order valence-electron chi connectivity index (χ0n) is 18.3. The molecule has 2 rings (SSSR count). The Balaban J connectivity index is 2.50. The van der Waals surface area contributed by atoms with Crippen LogP contribution in [0.15, 0.2) is 36.5 Å². The van der Waals surface area contributed by atoms with Crippen molar-refractivity contribution in [1.82, 2.24) is 4.98 Å². The van der Waals surface area contributed by atoms with Crippen LogP contribution in [0.25, 0.3) is 0 Å². The van der Waals surface area contributed by atoms with Gasteiger partial charge >= 0.3 is 6.18 Å². The molecular formula is C21H26F4N4O3S. The van der Waals surface area contributed by atoms with Gasteiger partial charge in [-0.25, -0.2) is 8.60 Å². The van der Waals surface area contributed by atoms with Crippen LogP contribution in [0.2, 0.25) is 0 Å². The number of halogens is 4. The molecule has 0 aliphatic heterocycles. The van der Waals surface area contributed by atoms with Gasteiger partial charge < -0.3 is 11.5 Å². The topological polar surface area (TPSA) is 123 Å². The van der Waals surface area contributed by atoms with Gasteiger partial charge in [0.1, 0.15) is 11.5 Å². The summed E-state index contributed by atoms with van der Waals surface area (Å²) >= 11 is -2.46. The molecule has 0 spiro atoms. The van der Waals surface area contributed by atoms with E-state index in [0.29, 0.717) is 6.42 Å². The molecule has 0 aliphatic rings. The molecule has 0 radical (unpaired) electrons. The van der Waals surface area contributed by atoms with E-state index in [1.165, 1.54) is 25.2 Å². The number of hydrogen-bond donors (Lipinski definition) is 3. The van der Waals surface area contributed by atoms with E-state index in [-0.39, 0.29) is 29.2 Å². The molecule has 5 N–H and O–H groups in total. The summed E-state index contributed by atoms with van der Waals surface area (Å²) in [6, 6.07) is 5.68. The molecule has 1 aromatic carbocycles. The third kappa shape index (κ3) is 5.87. The first kappa shape index (κ1) is 26.7. The Morgan fingerprint density at radius 2 is 1.91 bits per heavy atom. The fourth-order valence-electron chi connectivity index (χ4n) is 3.60. The second-order valence-electron chi connectivity index (χ2n) is 7.88. The Morgan fingerprint density at radius 1 is 1.27 bits per heavy atom. The number of alkyl halides is 3. The Hall–Kier alpha value is -2.57. The van der Waals surface area contributed by atoms with Gasteiger partial charge in [-0.1, -0.05) is 32.4 Å². The van der Waals surface area contributed by atoms with Crippen LogP contribution in [0.1, 0.15) is 49.4 Å². The van der Waals surface area contributed by atoms with Gasteiger partial charge in [0, 0.05) is 18.8 Å². The molecule has 1 aromatic heterocycles. The van der Waals surface area contributed by atoms with E-state index in [4.69, 9.17) is 16.0 Å². The molecule has 0 fully saturated rings. The van der Waals surface area contributed by atoms with E-state index in [0.717, 1.165) is 22.6 Å². The number of nitrogens with two attached hydrogens (primary N) is 2. The van der Waals surface area contributed by atoms with Crippen molar-refractivity contribution in [2.75, 3.05) is 11.4 Å². The van der Waals surface area contributed by atoms with Crippen molar-refractivity contribution < 1.29 is 31.1 Å². The van der Waals surface area contributed by atoms with E-state index in [2.05, 4.69) is 4.98 Å². The largest absolute Gasteiger partial charge is 0.433 e. The van der Waals surface area contributed by atoms with Crippen molar-refractivity contribution in [3.8, 4) is 0 Å². The lowest BCUT2D eigenvalue weighted by molar-refractivity contribution is -0.141. The molecular weight excluding hydrogens is 464 g/mol. The number of aromatic nitrogens is 1. The minimum atomic E-state index is -4.62. The Bertz CT molecular complexity index is 1020. The first-order valence-electron chi connectivity index (χ1n) is 9.98. The zero-order chi connectivity index (χ0) is 25.1. The number of nitrogens with zero attached hydrogens (tertiary/aromatic N) is 2. The van der Waals surface area contributed by atoms with Crippen molar-refractivity contribution in [3.63, 3.8) is 0 Å². The van der Waals surface area contributed by atoms with E-state index >= 15 is 0 Å². The monoisotopic (exact) mass is 490 g/mol. The predicted molar refractivity (Wildman–Crippen MR) is 117 cm³/mol. The number of carbonyl (C=O) groups is 1. The van der Waals surface area contributed by atoms with E-state index in [1.807, 2.05) is 6.92 Å². The quantitative estimate of drug-likeness (QED) is 0.366. The van der Waals surface area contributed by atoms with Crippen LogP contribution in [0, 0.1) is 11.7 Å². The van der Waals surface area contributed by atoms with Crippen molar-refractivity contribution in [2.24, 2.45) is 17.4 Å². The molecule has 0 saturated heterocycles. The average molecular weight is 491 g/mol. The maximum atomic E-state index is 14.6. The van der Waals surface area contributed by atoms with Gasteiger partial charge in [-0.05, 0) is 41.7 Å². The first-order chi connectivity index (χ1) is 15.2. The van der Waals surface area contributed by atoms with E-state index in [9.17, 15) is 26.6 Å². The Kier molecular flexibility index (Phi) is 8.20. The van der Waals surface area contributed by atoms with Crippen LogP contribution in [0.4, 0.5) is 23.2 Å². The van der Waals surface area contributed by atoms with Crippen LogP contribution in [0.3, 0.4) is 0 Å². The van der Waals surface area contributed by atoms with Crippen LogP contribution < -0.4 is 15.8 Å². The maximum absolute atomic E-state index is 14.6. The number of amides is 1. The summed E-state index contributed by atoms with van der Waals surface area (Å²) in [6.45, 7) is 3.62. The molecule has 2 aromatic rings. The summed E-state index contributed by atoms with van der Waals surface area (Å²) in [5, 5.41) is 0. The van der Waals surface area contributed by atoms with E-state index in [1.54, 1.807) is 6.92 Å². The van der Waals surface area contributed by atoms with Gasteiger partial charge in [-0.15, -0.1) is 0 Å². The highest BCUT2D eigenvalue weighted by molar-refractivity contribution is 7.80. The summed E-state index contributed by atoms with van der Waals surface area (Å²) in [6.07, 6.45) is -3.18. The first-order valence-corrected chi connectivity index (χ1v) is 11.0. The number of carbonyl (C=O) groups excluding carboxylic acids is 1. The average Bonchev–Trinajstić information content (AvgIpc) is 2.75. The van der Waals surface area contributed by atoms with Crippen LogP contribution >= 0.6 is 0 Å². The predicted octanol–water partition coefficient (Wildman–Crippen LogP) is 3.67. The second kappa shape index (κ2) is 10.1. The molecule has 4 atom stereocenters. The summed E-state index contributed by atoms with van der Waals surface area (Å²) in [4.78, 5) is 15.8. The Morgan fingerprint density at radius 3 is 2.33 bits per heavy atom. The number of primary amides is 1. The molecule has 4 unspecified atom stereocenters. The number of hydrogen-bond acceptors (Lipinski definition) is 4. The van der Waals surface area contributed by atoms with Gasteiger partial charge in [0.2, 0.25) is 5.91 Å². The summed E-state index contributed by atoms with van der Waals surface area (Å²) < 4.78 is 74.6. The van der Waals surface area contributed by atoms with Gasteiger partial charge in [0.05, 0.1) is 11.6 Å². The van der Waals surface area contributed by atoms with Crippen molar-refractivity contribution >= 4 is 22.9 Å². The highest BCUT2D eigenvalue weighted by atomic mass is 32.2. The van der Waals surface area contributed by atoms with Crippen molar-refractivity contribution in [1.29, 1.82) is 0 Å². The normalized spacial score (nSPS) is 16.5. The number of benzene rings is 1. The molecule has 0 aliphatic carbocycles. The lowest BCUT2D eigenvalue weighted by Gasteiger charge is -2.38. The highest BCUT2D eigenvalue weighted by Crippen LogP contribution is 2.39. The molecule has 7 nitrogen and oxygen atoms in total. The van der Waals surface area contributed by atoms with Gasteiger partial charge in [0.15, 0.2) is 0 Å². The van der Waals surface area contributed by atoms with Gasteiger partial charge in [-0.3, -0.25) is 18.6 Å². The molecule has 12 heteroatoms. The lowest BCUT2D eigenvalue weighted by Crippen LogP contribution is -2.46. The molecule has 0 saturated carbocycles.